The van der Waals surface area contributed by atoms with Gasteiger partial charge >= 0.3 is 0 Å². The molecular formula is C12H15F2NO. The highest BCUT2D eigenvalue weighted by Crippen LogP contribution is 2.36. The van der Waals surface area contributed by atoms with E-state index < -0.39 is 22.9 Å². The second-order valence-electron chi connectivity index (χ2n) is 4.51. The van der Waals surface area contributed by atoms with E-state index in [1.54, 1.807) is 0 Å². The van der Waals surface area contributed by atoms with Crippen LogP contribution in [0.1, 0.15) is 37.7 Å². The van der Waals surface area contributed by atoms with Crippen LogP contribution in [0, 0.1) is 11.6 Å². The molecule has 0 heterocycles. The van der Waals surface area contributed by atoms with Crippen LogP contribution >= 0.6 is 0 Å². The van der Waals surface area contributed by atoms with Crippen LogP contribution < -0.4 is 5.73 Å². The van der Waals surface area contributed by atoms with E-state index in [0.29, 0.717) is 5.56 Å². The van der Waals surface area contributed by atoms with Gasteiger partial charge in [0.15, 0.2) is 17.4 Å². The highest BCUT2D eigenvalue weighted by molar-refractivity contribution is 5.34. The smallest absolute Gasteiger partial charge is 0.187 e. The van der Waals surface area contributed by atoms with E-state index in [9.17, 15) is 8.78 Å². The van der Waals surface area contributed by atoms with Crippen LogP contribution in [0.4, 0.5) is 8.78 Å². The molecule has 0 amide bonds. The second kappa shape index (κ2) is 4.01. The summed E-state index contributed by atoms with van der Waals surface area (Å²) in [5.41, 5.74) is 5.95. The van der Waals surface area contributed by atoms with Crippen molar-refractivity contribution >= 4 is 0 Å². The number of hydrogen-bond donors (Lipinski definition) is 2. The zero-order valence-electron chi connectivity index (χ0n) is 8.97. The van der Waals surface area contributed by atoms with Crippen LogP contribution in [0.5, 0.6) is 5.75 Å². The van der Waals surface area contributed by atoms with E-state index in [0.717, 1.165) is 44.2 Å². The second-order valence-corrected chi connectivity index (χ2v) is 4.51. The molecule has 2 nitrogen and oxygen atoms in total. The van der Waals surface area contributed by atoms with Crippen LogP contribution in [0.25, 0.3) is 0 Å². The maximum atomic E-state index is 13.2. The lowest BCUT2D eigenvalue weighted by Gasteiger charge is -2.34. The van der Waals surface area contributed by atoms with Crippen LogP contribution in [-0.4, -0.2) is 5.11 Å². The molecule has 1 fully saturated rings. The molecule has 88 valence electrons. The molecule has 4 heteroatoms. The van der Waals surface area contributed by atoms with Gasteiger partial charge in [-0.1, -0.05) is 19.3 Å². The average molecular weight is 227 g/mol. The topological polar surface area (TPSA) is 46.2 Å². The van der Waals surface area contributed by atoms with E-state index in [2.05, 4.69) is 0 Å². The molecule has 0 bridgehead atoms. The molecule has 1 aromatic rings. The number of halogens is 2. The zero-order valence-corrected chi connectivity index (χ0v) is 8.97. The van der Waals surface area contributed by atoms with Gasteiger partial charge in [-0.25, -0.2) is 8.78 Å². The number of nitrogens with two attached hydrogens (primary N) is 1. The van der Waals surface area contributed by atoms with Gasteiger partial charge in [0.25, 0.3) is 0 Å². The highest BCUT2D eigenvalue weighted by Gasteiger charge is 2.31. The maximum absolute atomic E-state index is 13.2. The first-order valence-electron chi connectivity index (χ1n) is 5.50. The van der Waals surface area contributed by atoms with Gasteiger partial charge in [0.2, 0.25) is 0 Å². The lowest BCUT2D eigenvalue weighted by atomic mass is 9.77. The minimum absolute atomic E-state index is 0.444. The van der Waals surface area contributed by atoms with Crippen molar-refractivity contribution in [2.24, 2.45) is 5.73 Å². The summed E-state index contributed by atoms with van der Waals surface area (Å²) < 4.78 is 26.4. The first-order chi connectivity index (χ1) is 7.53. The van der Waals surface area contributed by atoms with Crippen molar-refractivity contribution in [1.29, 1.82) is 0 Å². The monoisotopic (exact) mass is 227 g/mol. The predicted molar refractivity (Wildman–Crippen MR) is 57.0 cm³/mol. The zero-order chi connectivity index (χ0) is 11.8. The molecule has 0 unspecified atom stereocenters. The Bertz CT molecular complexity index is 377. The highest BCUT2D eigenvalue weighted by atomic mass is 19.1. The average Bonchev–Trinajstić information content (AvgIpc) is 2.26. The summed E-state index contributed by atoms with van der Waals surface area (Å²) >= 11 is 0. The molecule has 0 aliphatic heterocycles. The van der Waals surface area contributed by atoms with Crippen LogP contribution in [0.2, 0.25) is 0 Å². The van der Waals surface area contributed by atoms with E-state index >= 15 is 0 Å². The fourth-order valence-electron chi connectivity index (χ4n) is 2.32. The van der Waals surface area contributed by atoms with E-state index in [4.69, 9.17) is 10.8 Å². The Kier molecular flexibility index (Phi) is 2.84. The Hall–Kier alpha value is -1.16. The van der Waals surface area contributed by atoms with Gasteiger partial charge < -0.3 is 10.8 Å². The fraction of sp³-hybridized carbons (Fsp3) is 0.500. The van der Waals surface area contributed by atoms with Gasteiger partial charge in [-0.05, 0) is 30.5 Å². The molecule has 16 heavy (non-hydrogen) atoms. The van der Waals surface area contributed by atoms with Crippen molar-refractivity contribution in [3.63, 3.8) is 0 Å². The van der Waals surface area contributed by atoms with Gasteiger partial charge in [0.05, 0.1) is 0 Å². The molecule has 3 N–H and O–H groups in total. The summed E-state index contributed by atoms with van der Waals surface area (Å²) in [6, 6.07) is 2.29. The molecule has 0 aromatic heterocycles. The molecule has 0 radical (unpaired) electrons. The normalized spacial score (nSPS) is 19.7. The van der Waals surface area contributed by atoms with Crippen molar-refractivity contribution in [2.45, 2.75) is 37.6 Å². The number of hydrogen-bond acceptors (Lipinski definition) is 2. The first kappa shape index (κ1) is 11.3. The van der Waals surface area contributed by atoms with Crippen molar-refractivity contribution in [2.75, 3.05) is 0 Å². The van der Waals surface area contributed by atoms with E-state index in [1.807, 2.05) is 0 Å². The molecule has 1 aliphatic carbocycles. The predicted octanol–water partition coefficient (Wildman–Crippen LogP) is 2.79. The number of aromatic hydroxyl groups is 1. The number of benzene rings is 1. The third kappa shape index (κ3) is 1.89. The van der Waals surface area contributed by atoms with E-state index in [-0.39, 0.29) is 0 Å². The van der Waals surface area contributed by atoms with Gasteiger partial charge in [-0.3, -0.25) is 0 Å². The number of phenols is 1. The van der Waals surface area contributed by atoms with Crippen molar-refractivity contribution in [3.8, 4) is 5.75 Å². The Morgan fingerprint density at radius 1 is 1.06 bits per heavy atom. The summed E-state index contributed by atoms with van der Waals surface area (Å²) in [5.74, 6) is -2.81. The Balaban J connectivity index is 2.39. The van der Waals surface area contributed by atoms with Gasteiger partial charge in [0.1, 0.15) is 0 Å². The third-order valence-corrected chi connectivity index (χ3v) is 3.34. The van der Waals surface area contributed by atoms with Crippen LogP contribution in [0.15, 0.2) is 12.1 Å². The molecule has 1 saturated carbocycles. The molecular weight excluding hydrogens is 212 g/mol. The van der Waals surface area contributed by atoms with Crippen molar-refractivity contribution < 1.29 is 13.9 Å². The summed E-state index contributed by atoms with van der Waals surface area (Å²) in [6.07, 6.45) is 4.52. The molecule has 2 rings (SSSR count). The van der Waals surface area contributed by atoms with Gasteiger partial charge in [0, 0.05) is 5.54 Å². The molecule has 0 spiro atoms. The summed E-state index contributed by atoms with van der Waals surface area (Å²) in [5, 5.41) is 9.02. The van der Waals surface area contributed by atoms with Crippen molar-refractivity contribution in [3.05, 3.63) is 29.3 Å². The minimum Gasteiger partial charge on any atom is -0.503 e. The fourth-order valence-corrected chi connectivity index (χ4v) is 2.32. The lowest BCUT2D eigenvalue weighted by Crippen LogP contribution is -2.38. The van der Waals surface area contributed by atoms with E-state index in [1.165, 1.54) is 0 Å². The van der Waals surface area contributed by atoms with Crippen LogP contribution in [0.3, 0.4) is 0 Å². The largest absolute Gasteiger partial charge is 0.503 e. The number of rotatable bonds is 1. The molecule has 1 aliphatic rings. The van der Waals surface area contributed by atoms with Gasteiger partial charge in [-0.15, -0.1) is 0 Å². The lowest BCUT2D eigenvalue weighted by molar-refractivity contribution is 0.298. The molecule has 1 aromatic carbocycles. The maximum Gasteiger partial charge on any atom is 0.187 e. The Morgan fingerprint density at radius 3 is 2.06 bits per heavy atom. The first-order valence-corrected chi connectivity index (χ1v) is 5.50. The molecule has 0 saturated heterocycles. The Labute approximate surface area is 93.1 Å². The van der Waals surface area contributed by atoms with Gasteiger partial charge in [-0.2, -0.15) is 0 Å². The minimum atomic E-state index is -0.939. The third-order valence-electron chi connectivity index (χ3n) is 3.34. The van der Waals surface area contributed by atoms with Crippen molar-refractivity contribution in [1.82, 2.24) is 0 Å². The van der Waals surface area contributed by atoms with Crippen LogP contribution in [-0.2, 0) is 5.54 Å². The SMILES string of the molecule is NC1(c2cc(F)c(O)c(F)c2)CCCCC1. The standard InChI is InChI=1S/C12H15F2NO/c13-9-6-8(7-10(14)11(9)16)12(15)4-2-1-3-5-12/h6-7,16H,1-5,15H2. The summed E-state index contributed by atoms with van der Waals surface area (Å²) in [4.78, 5) is 0. The summed E-state index contributed by atoms with van der Waals surface area (Å²) in [7, 11) is 0. The number of phenolic OH excluding ortho intramolecular Hbond substituents is 1. The molecule has 0 atom stereocenters. The summed E-state index contributed by atoms with van der Waals surface area (Å²) in [6.45, 7) is 0. The Morgan fingerprint density at radius 2 is 1.56 bits per heavy atom. The quantitative estimate of drug-likeness (QED) is 0.775.